The zero-order valence-electron chi connectivity index (χ0n) is 14.2. The highest BCUT2D eigenvalue weighted by Crippen LogP contribution is 2.22. The number of amides is 2. The third-order valence-electron chi connectivity index (χ3n) is 3.75. The minimum absolute atomic E-state index is 0.207. The Labute approximate surface area is 155 Å². The fourth-order valence-corrected chi connectivity index (χ4v) is 2.48. The molecule has 3 rings (SSSR count). The lowest BCUT2D eigenvalue weighted by Gasteiger charge is -2.12. The first-order valence-corrected chi connectivity index (χ1v) is 8.13. The monoisotopic (exact) mass is 369 g/mol. The molecule has 2 amide bonds. The summed E-state index contributed by atoms with van der Waals surface area (Å²) in [5.74, 6) is -0.673. The molecule has 0 saturated carbocycles. The molecule has 0 fully saturated rings. The van der Waals surface area contributed by atoms with Gasteiger partial charge in [-0.25, -0.2) is 4.98 Å². The van der Waals surface area contributed by atoms with Crippen molar-refractivity contribution in [2.24, 2.45) is 7.05 Å². The molecular weight excluding hydrogens is 354 g/mol. The maximum Gasteiger partial charge on any atom is 0.274 e. The van der Waals surface area contributed by atoms with Gasteiger partial charge in [-0.3, -0.25) is 14.6 Å². The Bertz CT molecular complexity index is 983. The molecule has 0 spiro atoms. The Balaban J connectivity index is 1.78. The molecule has 0 atom stereocenters. The first kappa shape index (κ1) is 17.6. The number of halogens is 1. The van der Waals surface area contributed by atoms with Crippen molar-refractivity contribution in [1.82, 2.24) is 14.5 Å². The van der Waals surface area contributed by atoms with Crippen molar-refractivity contribution in [3.63, 3.8) is 0 Å². The van der Waals surface area contributed by atoms with Gasteiger partial charge in [-0.05, 0) is 36.8 Å². The van der Waals surface area contributed by atoms with Gasteiger partial charge in [0.2, 0.25) is 0 Å². The van der Waals surface area contributed by atoms with Gasteiger partial charge < -0.3 is 15.2 Å². The number of nitrogens with one attached hydrogen (secondary N) is 2. The van der Waals surface area contributed by atoms with Crippen molar-refractivity contribution in [1.29, 1.82) is 0 Å². The second kappa shape index (κ2) is 7.37. The summed E-state index contributed by atoms with van der Waals surface area (Å²) in [5.41, 5.74) is 2.62. The van der Waals surface area contributed by atoms with Crippen molar-refractivity contribution in [3.8, 4) is 0 Å². The molecule has 2 heterocycles. The fraction of sp³-hybridized carbons (Fsp3) is 0.111. The van der Waals surface area contributed by atoms with Crippen molar-refractivity contribution >= 4 is 34.8 Å². The Morgan fingerprint density at radius 1 is 1.12 bits per heavy atom. The number of nitrogens with zero attached hydrogens (tertiary/aromatic N) is 3. The molecule has 2 aromatic heterocycles. The number of carbonyl (C=O) groups excluding carboxylic acids is 2. The van der Waals surface area contributed by atoms with Crippen molar-refractivity contribution in [2.45, 2.75) is 6.92 Å². The van der Waals surface area contributed by atoms with Crippen LogP contribution in [0.15, 0.2) is 49.1 Å². The summed E-state index contributed by atoms with van der Waals surface area (Å²) < 4.78 is 1.63. The predicted octanol–water partition coefficient (Wildman–Crippen LogP) is 3.28. The van der Waals surface area contributed by atoms with Crippen LogP contribution in [0.3, 0.4) is 0 Å². The zero-order chi connectivity index (χ0) is 18.7. The van der Waals surface area contributed by atoms with Gasteiger partial charge in [0, 0.05) is 29.6 Å². The van der Waals surface area contributed by atoms with E-state index in [1.165, 1.54) is 18.5 Å². The topological polar surface area (TPSA) is 88.9 Å². The summed E-state index contributed by atoms with van der Waals surface area (Å²) in [7, 11) is 1.74. The van der Waals surface area contributed by atoms with Crippen LogP contribution in [0.25, 0.3) is 0 Å². The molecule has 0 radical (unpaired) electrons. The van der Waals surface area contributed by atoms with Crippen LogP contribution in [0.5, 0.6) is 0 Å². The number of hydrogen-bond donors (Lipinski definition) is 2. The molecule has 2 N–H and O–H groups in total. The van der Waals surface area contributed by atoms with E-state index in [4.69, 9.17) is 11.6 Å². The molecule has 8 heteroatoms. The van der Waals surface area contributed by atoms with E-state index in [0.29, 0.717) is 22.1 Å². The lowest BCUT2D eigenvalue weighted by Crippen LogP contribution is -2.17. The summed E-state index contributed by atoms with van der Waals surface area (Å²) in [6.07, 6.45) is 4.50. The molecule has 0 aliphatic heterocycles. The standard InChI is InChI=1S/C18H16ClN5O2/c1-11-3-4-13(22-17(25)15-7-12(19)5-6-21-15)8-14(11)23-18(26)16-9-20-10-24(16)2/h3-10H,1-2H3,(H,22,25)(H,23,26). The van der Waals surface area contributed by atoms with Crippen molar-refractivity contribution in [2.75, 3.05) is 10.6 Å². The maximum absolute atomic E-state index is 12.4. The van der Waals surface area contributed by atoms with E-state index in [1.807, 2.05) is 6.92 Å². The van der Waals surface area contributed by atoms with Crippen LogP contribution in [-0.4, -0.2) is 26.3 Å². The van der Waals surface area contributed by atoms with Crippen molar-refractivity contribution < 1.29 is 9.59 Å². The van der Waals surface area contributed by atoms with Crippen LogP contribution in [-0.2, 0) is 7.05 Å². The average molecular weight is 370 g/mol. The molecule has 26 heavy (non-hydrogen) atoms. The van der Waals surface area contributed by atoms with Gasteiger partial charge in [0.15, 0.2) is 0 Å². The van der Waals surface area contributed by atoms with E-state index >= 15 is 0 Å². The second-order valence-electron chi connectivity index (χ2n) is 5.69. The number of carbonyl (C=O) groups is 2. The largest absolute Gasteiger partial charge is 0.330 e. The number of aryl methyl sites for hydroxylation is 2. The summed E-state index contributed by atoms with van der Waals surface area (Å²) in [6, 6.07) is 8.32. The quantitative estimate of drug-likeness (QED) is 0.738. The highest BCUT2D eigenvalue weighted by atomic mass is 35.5. The molecule has 0 aliphatic rings. The van der Waals surface area contributed by atoms with Gasteiger partial charge in [-0.15, -0.1) is 0 Å². The van der Waals surface area contributed by atoms with Crippen LogP contribution in [0.2, 0.25) is 5.02 Å². The fourth-order valence-electron chi connectivity index (χ4n) is 2.32. The highest BCUT2D eigenvalue weighted by molar-refractivity contribution is 6.31. The second-order valence-corrected chi connectivity index (χ2v) is 6.12. The summed E-state index contributed by atoms with van der Waals surface area (Å²) in [6.45, 7) is 1.86. The van der Waals surface area contributed by atoms with Crippen LogP contribution in [0, 0.1) is 6.92 Å². The number of pyridine rings is 1. The number of imidazole rings is 1. The number of aromatic nitrogens is 3. The van der Waals surface area contributed by atoms with Crippen molar-refractivity contribution in [3.05, 3.63) is 71.0 Å². The molecular formula is C18H16ClN5O2. The van der Waals surface area contributed by atoms with Gasteiger partial charge in [0.05, 0.1) is 12.5 Å². The first-order valence-electron chi connectivity index (χ1n) is 7.75. The first-order chi connectivity index (χ1) is 12.4. The third-order valence-corrected chi connectivity index (χ3v) is 3.98. The van der Waals surface area contributed by atoms with E-state index in [-0.39, 0.29) is 17.5 Å². The molecule has 3 aromatic rings. The molecule has 132 valence electrons. The number of anilines is 2. The molecule has 0 unspecified atom stereocenters. The van der Waals surface area contributed by atoms with Gasteiger partial charge >= 0.3 is 0 Å². The van der Waals surface area contributed by atoms with Crippen LogP contribution < -0.4 is 10.6 Å². The average Bonchev–Trinajstić information content (AvgIpc) is 3.04. The minimum Gasteiger partial charge on any atom is -0.330 e. The molecule has 0 saturated heterocycles. The van der Waals surface area contributed by atoms with E-state index < -0.39 is 0 Å². The van der Waals surface area contributed by atoms with E-state index in [9.17, 15) is 9.59 Å². The highest BCUT2D eigenvalue weighted by Gasteiger charge is 2.13. The number of rotatable bonds is 4. The van der Waals surface area contributed by atoms with Gasteiger partial charge in [0.1, 0.15) is 11.4 Å². The summed E-state index contributed by atoms with van der Waals surface area (Å²) in [5, 5.41) is 6.00. The zero-order valence-corrected chi connectivity index (χ0v) is 14.9. The molecule has 0 aliphatic carbocycles. The SMILES string of the molecule is Cc1ccc(NC(=O)c2cc(Cl)ccn2)cc1NC(=O)c1cncn1C. The Hall–Kier alpha value is -3.19. The Morgan fingerprint density at radius 3 is 2.62 bits per heavy atom. The Morgan fingerprint density at radius 2 is 1.92 bits per heavy atom. The normalized spacial score (nSPS) is 10.4. The maximum atomic E-state index is 12.4. The van der Waals surface area contributed by atoms with Crippen LogP contribution >= 0.6 is 11.6 Å². The van der Waals surface area contributed by atoms with E-state index in [2.05, 4.69) is 20.6 Å². The smallest absolute Gasteiger partial charge is 0.274 e. The molecule has 0 bridgehead atoms. The number of benzene rings is 1. The van der Waals surface area contributed by atoms with E-state index in [0.717, 1.165) is 5.56 Å². The van der Waals surface area contributed by atoms with Gasteiger partial charge in [-0.1, -0.05) is 17.7 Å². The summed E-state index contributed by atoms with van der Waals surface area (Å²) >= 11 is 5.88. The lowest BCUT2D eigenvalue weighted by molar-refractivity contribution is 0.101. The Kier molecular flexibility index (Phi) is 4.99. The lowest BCUT2D eigenvalue weighted by atomic mass is 10.1. The van der Waals surface area contributed by atoms with Crippen LogP contribution in [0.4, 0.5) is 11.4 Å². The summed E-state index contributed by atoms with van der Waals surface area (Å²) in [4.78, 5) is 32.6. The van der Waals surface area contributed by atoms with Gasteiger partial charge in [-0.2, -0.15) is 0 Å². The molecule has 7 nitrogen and oxygen atoms in total. The number of hydrogen-bond acceptors (Lipinski definition) is 4. The minimum atomic E-state index is -0.389. The third kappa shape index (κ3) is 3.89. The van der Waals surface area contributed by atoms with Gasteiger partial charge in [0.25, 0.3) is 11.8 Å². The van der Waals surface area contributed by atoms with Crippen LogP contribution in [0.1, 0.15) is 26.5 Å². The molecule has 1 aromatic carbocycles. The van der Waals surface area contributed by atoms with E-state index in [1.54, 1.807) is 42.2 Å². The predicted molar refractivity (Wildman–Crippen MR) is 99.5 cm³/mol.